The lowest BCUT2D eigenvalue weighted by Crippen LogP contribution is -2.46. The molecule has 0 atom stereocenters. The Kier molecular flexibility index (Phi) is 3.62. The molecule has 4 bridgehead atoms. The monoisotopic (exact) mass is 314 g/mol. The number of Topliss-reactive ketones (excluding diaryl/α,β-unsaturated/α-hetero) is 1. The summed E-state index contributed by atoms with van der Waals surface area (Å²) in [6, 6.07) is 5.55. The molecule has 1 aromatic rings. The van der Waals surface area contributed by atoms with Crippen molar-refractivity contribution in [1.82, 2.24) is 0 Å². The SMILES string of the molecule is COc1ccc(C(=O)CC23CC4CC(CC(C4)C2)C3)cc1OC. The van der Waals surface area contributed by atoms with Crippen LogP contribution >= 0.6 is 0 Å². The average Bonchev–Trinajstić information content (AvgIpc) is 2.52. The summed E-state index contributed by atoms with van der Waals surface area (Å²) in [4.78, 5) is 12.9. The first kappa shape index (κ1) is 15.0. The number of carbonyl (C=O) groups is 1. The van der Waals surface area contributed by atoms with Crippen LogP contribution in [0.2, 0.25) is 0 Å². The van der Waals surface area contributed by atoms with Gasteiger partial charge in [-0.2, -0.15) is 0 Å². The van der Waals surface area contributed by atoms with Crippen molar-refractivity contribution in [2.75, 3.05) is 14.2 Å². The van der Waals surface area contributed by atoms with Crippen molar-refractivity contribution in [3.8, 4) is 11.5 Å². The van der Waals surface area contributed by atoms with Crippen LogP contribution in [0.4, 0.5) is 0 Å². The van der Waals surface area contributed by atoms with Crippen molar-refractivity contribution in [2.45, 2.75) is 44.9 Å². The molecule has 0 spiro atoms. The van der Waals surface area contributed by atoms with Crippen LogP contribution in [0, 0.1) is 23.2 Å². The smallest absolute Gasteiger partial charge is 0.163 e. The molecule has 0 aromatic heterocycles. The van der Waals surface area contributed by atoms with Gasteiger partial charge in [-0.25, -0.2) is 0 Å². The highest BCUT2D eigenvalue weighted by Crippen LogP contribution is 2.61. The summed E-state index contributed by atoms with van der Waals surface area (Å²) in [6.07, 6.45) is 8.80. The summed E-state index contributed by atoms with van der Waals surface area (Å²) in [5.74, 6) is 4.26. The zero-order valence-electron chi connectivity index (χ0n) is 14.1. The van der Waals surface area contributed by atoms with Crippen molar-refractivity contribution in [3.63, 3.8) is 0 Å². The molecule has 4 aliphatic carbocycles. The molecular formula is C20H26O3. The van der Waals surface area contributed by atoms with Gasteiger partial charge in [0, 0.05) is 12.0 Å². The molecule has 0 N–H and O–H groups in total. The highest BCUT2D eigenvalue weighted by Gasteiger charge is 2.51. The van der Waals surface area contributed by atoms with Crippen molar-refractivity contribution in [2.24, 2.45) is 23.2 Å². The van der Waals surface area contributed by atoms with Crippen molar-refractivity contribution < 1.29 is 14.3 Å². The summed E-state index contributed by atoms with van der Waals surface area (Å²) >= 11 is 0. The minimum absolute atomic E-state index is 0.271. The summed E-state index contributed by atoms with van der Waals surface area (Å²) in [6.45, 7) is 0. The van der Waals surface area contributed by atoms with E-state index in [4.69, 9.17) is 9.47 Å². The molecule has 4 fully saturated rings. The van der Waals surface area contributed by atoms with Crippen LogP contribution in [-0.2, 0) is 0 Å². The Hall–Kier alpha value is -1.51. The third kappa shape index (κ3) is 2.64. The first-order valence-electron chi connectivity index (χ1n) is 8.86. The lowest BCUT2D eigenvalue weighted by molar-refractivity contribution is -0.0524. The van der Waals surface area contributed by atoms with Gasteiger partial charge >= 0.3 is 0 Å². The number of ether oxygens (including phenoxy) is 2. The summed E-state index contributed by atoms with van der Waals surface area (Å²) in [5, 5.41) is 0. The molecule has 0 unspecified atom stereocenters. The number of hydrogen-bond acceptors (Lipinski definition) is 3. The van der Waals surface area contributed by atoms with E-state index in [0.717, 1.165) is 23.3 Å². The average molecular weight is 314 g/mol. The van der Waals surface area contributed by atoms with E-state index >= 15 is 0 Å². The molecule has 0 aliphatic heterocycles. The van der Waals surface area contributed by atoms with Gasteiger partial charge in [0.2, 0.25) is 0 Å². The fourth-order valence-electron chi connectivity index (χ4n) is 5.96. The summed E-state index contributed by atoms with van der Waals surface area (Å²) < 4.78 is 10.6. The van der Waals surface area contributed by atoms with E-state index in [2.05, 4.69) is 0 Å². The molecule has 0 radical (unpaired) electrons. The fraction of sp³-hybridized carbons (Fsp3) is 0.650. The molecule has 5 rings (SSSR count). The number of hydrogen-bond donors (Lipinski definition) is 0. The van der Waals surface area contributed by atoms with E-state index in [9.17, 15) is 4.79 Å². The normalized spacial score (nSPS) is 34.4. The Balaban J connectivity index is 1.54. The van der Waals surface area contributed by atoms with E-state index in [1.807, 2.05) is 18.2 Å². The van der Waals surface area contributed by atoms with Crippen LogP contribution in [0.25, 0.3) is 0 Å². The number of benzene rings is 1. The maximum absolute atomic E-state index is 12.9. The largest absolute Gasteiger partial charge is 0.493 e. The third-order valence-corrected chi connectivity index (χ3v) is 6.41. The van der Waals surface area contributed by atoms with Crippen molar-refractivity contribution >= 4 is 5.78 Å². The molecule has 1 aromatic carbocycles. The summed E-state index contributed by atoms with van der Waals surface area (Å²) in [5.41, 5.74) is 1.05. The van der Waals surface area contributed by atoms with Gasteiger partial charge in [-0.1, -0.05) is 0 Å². The molecule has 3 heteroatoms. The lowest BCUT2D eigenvalue weighted by Gasteiger charge is -2.56. The molecule has 3 nitrogen and oxygen atoms in total. The second-order valence-corrected chi connectivity index (χ2v) is 8.09. The molecule has 4 aliphatic rings. The van der Waals surface area contributed by atoms with Gasteiger partial charge in [0.05, 0.1) is 14.2 Å². The van der Waals surface area contributed by atoms with Gasteiger partial charge in [-0.3, -0.25) is 4.79 Å². The topological polar surface area (TPSA) is 35.5 Å². The number of rotatable bonds is 5. The Morgan fingerprint density at radius 2 is 1.57 bits per heavy atom. The van der Waals surface area contributed by atoms with E-state index in [1.54, 1.807) is 14.2 Å². The third-order valence-electron chi connectivity index (χ3n) is 6.41. The van der Waals surface area contributed by atoms with Gasteiger partial charge in [0.1, 0.15) is 0 Å². The quantitative estimate of drug-likeness (QED) is 0.751. The predicted molar refractivity (Wildman–Crippen MR) is 89.1 cm³/mol. The highest BCUT2D eigenvalue weighted by atomic mass is 16.5. The Morgan fingerprint density at radius 1 is 1.00 bits per heavy atom. The van der Waals surface area contributed by atoms with E-state index < -0.39 is 0 Å². The van der Waals surface area contributed by atoms with E-state index in [0.29, 0.717) is 23.3 Å². The molecule has 0 amide bonds. The zero-order chi connectivity index (χ0) is 16.0. The van der Waals surface area contributed by atoms with Crippen LogP contribution < -0.4 is 9.47 Å². The minimum atomic E-state index is 0.271. The number of methoxy groups -OCH3 is 2. The Morgan fingerprint density at radius 3 is 2.09 bits per heavy atom. The highest BCUT2D eigenvalue weighted by molar-refractivity contribution is 5.97. The second kappa shape index (κ2) is 5.54. The number of ketones is 1. The van der Waals surface area contributed by atoms with Crippen LogP contribution in [0.15, 0.2) is 18.2 Å². The number of carbonyl (C=O) groups excluding carboxylic acids is 1. The molecule has 4 saturated carbocycles. The zero-order valence-corrected chi connectivity index (χ0v) is 14.1. The standard InChI is InChI=1S/C20H26O3/c1-22-18-4-3-16(8-19(18)23-2)17(21)12-20-9-13-5-14(10-20)7-15(6-13)11-20/h3-4,8,13-15H,5-7,9-12H2,1-2H3. The van der Waals surface area contributed by atoms with E-state index in [1.165, 1.54) is 38.5 Å². The minimum Gasteiger partial charge on any atom is -0.493 e. The Labute approximate surface area is 138 Å². The van der Waals surface area contributed by atoms with Crippen molar-refractivity contribution in [3.05, 3.63) is 23.8 Å². The van der Waals surface area contributed by atoms with Crippen molar-refractivity contribution in [1.29, 1.82) is 0 Å². The van der Waals surface area contributed by atoms with Crippen LogP contribution in [0.5, 0.6) is 11.5 Å². The molecular weight excluding hydrogens is 288 g/mol. The first-order chi connectivity index (χ1) is 11.1. The maximum atomic E-state index is 12.9. The maximum Gasteiger partial charge on any atom is 0.163 e. The molecule has 0 heterocycles. The van der Waals surface area contributed by atoms with Gasteiger partial charge in [0.25, 0.3) is 0 Å². The second-order valence-electron chi connectivity index (χ2n) is 8.09. The first-order valence-corrected chi connectivity index (χ1v) is 8.86. The van der Waals surface area contributed by atoms with Gasteiger partial charge < -0.3 is 9.47 Å². The van der Waals surface area contributed by atoms with E-state index in [-0.39, 0.29) is 5.78 Å². The molecule has 23 heavy (non-hydrogen) atoms. The van der Waals surface area contributed by atoms with Crippen LogP contribution in [0.1, 0.15) is 55.3 Å². The summed E-state index contributed by atoms with van der Waals surface area (Å²) in [7, 11) is 3.24. The van der Waals surface area contributed by atoms with Crippen LogP contribution in [0.3, 0.4) is 0 Å². The Bertz CT molecular complexity index is 584. The van der Waals surface area contributed by atoms with Gasteiger partial charge in [-0.15, -0.1) is 0 Å². The predicted octanol–water partition coefficient (Wildman–Crippen LogP) is 4.49. The fourth-order valence-corrected chi connectivity index (χ4v) is 5.96. The molecule has 0 saturated heterocycles. The van der Waals surface area contributed by atoms with Crippen LogP contribution in [-0.4, -0.2) is 20.0 Å². The van der Waals surface area contributed by atoms with Gasteiger partial charge in [0.15, 0.2) is 17.3 Å². The lowest BCUT2D eigenvalue weighted by atomic mass is 9.48. The van der Waals surface area contributed by atoms with Gasteiger partial charge in [-0.05, 0) is 79.9 Å². The molecule has 124 valence electrons.